The molecular weight excluding hydrogens is 576 g/mol. The molecule has 1 heterocycles. The molecule has 1 aliphatic rings. The second-order valence-corrected chi connectivity index (χ2v) is 12.3. The zero-order valence-electron chi connectivity index (χ0n) is 26.3. The van der Waals surface area contributed by atoms with Gasteiger partial charge < -0.3 is 15.1 Å². The van der Waals surface area contributed by atoms with Crippen molar-refractivity contribution < 1.29 is 10.2 Å². The first kappa shape index (κ1) is 30.2. The van der Waals surface area contributed by atoms with Crippen LogP contribution in [0.15, 0.2) is 151 Å². The van der Waals surface area contributed by atoms with Crippen molar-refractivity contribution in [1.82, 2.24) is 9.88 Å². The van der Waals surface area contributed by atoms with Gasteiger partial charge in [0, 0.05) is 35.5 Å². The maximum atomic E-state index is 13.4. The molecule has 0 saturated carbocycles. The van der Waals surface area contributed by atoms with Crippen LogP contribution in [-0.4, -0.2) is 39.3 Å². The van der Waals surface area contributed by atoms with Crippen LogP contribution >= 0.6 is 0 Å². The van der Waals surface area contributed by atoms with Crippen molar-refractivity contribution in [3.05, 3.63) is 179 Å². The Morgan fingerprint density at radius 1 is 0.766 bits per heavy atom. The lowest BCUT2D eigenvalue weighted by Crippen LogP contribution is -2.41. The van der Waals surface area contributed by atoms with E-state index in [1.807, 2.05) is 115 Å². The van der Waals surface area contributed by atoms with Gasteiger partial charge in [-0.2, -0.15) is 0 Å². The van der Waals surface area contributed by atoms with Gasteiger partial charge in [0.25, 0.3) is 0 Å². The fourth-order valence-electron chi connectivity index (χ4n) is 6.76. The van der Waals surface area contributed by atoms with E-state index in [9.17, 15) is 10.2 Å². The van der Waals surface area contributed by atoms with Gasteiger partial charge in [-0.05, 0) is 71.1 Å². The van der Waals surface area contributed by atoms with E-state index in [1.54, 1.807) is 0 Å². The Kier molecular flexibility index (Phi) is 8.42. The first-order chi connectivity index (χ1) is 23.0. The van der Waals surface area contributed by atoms with E-state index in [-0.39, 0.29) is 5.88 Å². The van der Waals surface area contributed by atoms with Crippen LogP contribution in [0.4, 0.5) is 0 Å². The molecule has 0 amide bonds. The number of fused-ring (bicyclic) bond motifs is 2. The average molecular weight is 613 g/mol. The SMILES string of the molecule is CN(CCC(O)(C1=C=C=Cc2ccccc21)C(c1ccccc1)c1cc2cc(-c3ccccc3)ccc2nc1O)Cc1ccccc1. The summed E-state index contributed by atoms with van der Waals surface area (Å²) in [5.74, 6) is -0.763. The standard InChI is InChI=1S/C43H36N2O2/c1-45(30-31-14-5-2-6-15-31)27-26-43(47,39-23-13-21-33-18-11-12-22-37(33)39)41(34-19-9-4-10-20-34)38-29-36-28-35(32-16-7-3-8-17-32)24-25-40(36)44-42(38)46/h2-12,14-22,24-25,28-29,41,47H,26-27,30H2,1H3,(H,44,46). The molecule has 2 N–H and O–H groups in total. The van der Waals surface area contributed by atoms with E-state index < -0.39 is 11.5 Å². The third-order valence-electron chi connectivity index (χ3n) is 9.11. The number of hydrogen-bond donors (Lipinski definition) is 2. The van der Waals surface area contributed by atoms with Crippen molar-refractivity contribution in [3.63, 3.8) is 0 Å². The van der Waals surface area contributed by atoms with Crippen LogP contribution in [0.2, 0.25) is 0 Å². The predicted octanol–water partition coefficient (Wildman–Crippen LogP) is 8.86. The van der Waals surface area contributed by atoms with Crippen LogP contribution in [0.5, 0.6) is 5.88 Å². The fourth-order valence-corrected chi connectivity index (χ4v) is 6.76. The molecule has 0 fully saturated rings. The predicted molar refractivity (Wildman–Crippen MR) is 191 cm³/mol. The highest BCUT2D eigenvalue weighted by Crippen LogP contribution is 2.49. The molecule has 4 heteroatoms. The van der Waals surface area contributed by atoms with Gasteiger partial charge in [-0.1, -0.05) is 133 Å². The fraction of sp³-hybridized carbons (Fsp3) is 0.140. The summed E-state index contributed by atoms with van der Waals surface area (Å²) >= 11 is 0. The van der Waals surface area contributed by atoms with E-state index in [1.165, 1.54) is 5.56 Å². The molecule has 0 aliphatic heterocycles. The Bertz CT molecular complexity index is 2130. The van der Waals surface area contributed by atoms with Crippen molar-refractivity contribution in [2.75, 3.05) is 13.6 Å². The van der Waals surface area contributed by atoms with Crippen molar-refractivity contribution in [1.29, 1.82) is 0 Å². The Balaban J connectivity index is 1.39. The molecule has 2 atom stereocenters. The molecule has 47 heavy (non-hydrogen) atoms. The maximum Gasteiger partial charge on any atom is 0.215 e. The summed E-state index contributed by atoms with van der Waals surface area (Å²) < 4.78 is 0. The van der Waals surface area contributed by atoms with Crippen molar-refractivity contribution in [2.24, 2.45) is 0 Å². The van der Waals surface area contributed by atoms with Crippen LogP contribution in [0.1, 0.15) is 40.2 Å². The third-order valence-corrected chi connectivity index (χ3v) is 9.11. The molecule has 0 saturated heterocycles. The number of aromatic nitrogens is 1. The zero-order valence-corrected chi connectivity index (χ0v) is 26.3. The number of nitrogens with zero attached hydrogens (tertiary/aromatic N) is 2. The van der Waals surface area contributed by atoms with Gasteiger partial charge in [0.05, 0.1) is 5.52 Å². The lowest BCUT2D eigenvalue weighted by atomic mass is 9.69. The van der Waals surface area contributed by atoms with Crippen LogP contribution in [0, 0.1) is 0 Å². The Morgan fingerprint density at radius 3 is 2.21 bits per heavy atom. The summed E-state index contributed by atoms with van der Waals surface area (Å²) in [6, 6.07) is 46.6. The van der Waals surface area contributed by atoms with Crippen molar-refractivity contribution in [3.8, 4) is 17.0 Å². The molecule has 2 unspecified atom stereocenters. The van der Waals surface area contributed by atoms with E-state index >= 15 is 0 Å². The molecule has 1 aliphatic carbocycles. The summed E-state index contributed by atoms with van der Waals surface area (Å²) in [6.07, 6.45) is 2.27. The Hall–Kier alpha value is -5.47. The van der Waals surface area contributed by atoms with Gasteiger partial charge >= 0.3 is 0 Å². The molecule has 6 aromatic rings. The highest BCUT2D eigenvalue weighted by molar-refractivity contribution is 5.87. The van der Waals surface area contributed by atoms with Gasteiger partial charge in [-0.25, -0.2) is 4.98 Å². The molecule has 230 valence electrons. The first-order valence-electron chi connectivity index (χ1n) is 16.0. The topological polar surface area (TPSA) is 56.6 Å². The van der Waals surface area contributed by atoms with Gasteiger partial charge in [-0.3, -0.25) is 0 Å². The minimum atomic E-state index is -1.49. The molecule has 5 aromatic carbocycles. The lowest BCUT2D eigenvalue weighted by molar-refractivity contribution is 0.0628. The van der Waals surface area contributed by atoms with Gasteiger partial charge in [0.2, 0.25) is 5.88 Å². The quantitative estimate of drug-likeness (QED) is 0.152. The van der Waals surface area contributed by atoms with Crippen LogP contribution < -0.4 is 0 Å². The van der Waals surface area contributed by atoms with Crippen LogP contribution in [0.25, 0.3) is 33.7 Å². The van der Waals surface area contributed by atoms with Gasteiger partial charge in [-0.15, -0.1) is 0 Å². The largest absolute Gasteiger partial charge is 0.493 e. The van der Waals surface area contributed by atoms with Gasteiger partial charge in [0.15, 0.2) is 0 Å². The Labute approximate surface area is 275 Å². The summed E-state index contributed by atoms with van der Waals surface area (Å²) in [4.78, 5) is 6.92. The monoisotopic (exact) mass is 612 g/mol. The molecular formula is C43H36N2O2. The van der Waals surface area contributed by atoms with Gasteiger partial charge in [0.1, 0.15) is 5.60 Å². The number of aliphatic hydroxyl groups is 1. The van der Waals surface area contributed by atoms with Crippen LogP contribution in [0.3, 0.4) is 0 Å². The highest BCUT2D eigenvalue weighted by Gasteiger charge is 2.45. The normalized spacial score (nSPS) is 14.1. The highest BCUT2D eigenvalue weighted by atomic mass is 16.3. The third kappa shape index (κ3) is 6.20. The van der Waals surface area contributed by atoms with E-state index in [2.05, 4.69) is 53.7 Å². The summed E-state index contributed by atoms with van der Waals surface area (Å²) in [6.45, 7) is 1.33. The van der Waals surface area contributed by atoms with Crippen LogP contribution in [-0.2, 0) is 6.54 Å². The first-order valence-corrected chi connectivity index (χ1v) is 16.0. The Morgan fingerprint density at radius 2 is 1.45 bits per heavy atom. The zero-order chi connectivity index (χ0) is 32.2. The van der Waals surface area contributed by atoms with E-state index in [0.717, 1.165) is 39.7 Å². The number of hydrogen-bond acceptors (Lipinski definition) is 4. The summed E-state index contributed by atoms with van der Waals surface area (Å²) in [5, 5.41) is 25.9. The molecule has 0 bridgehead atoms. The maximum absolute atomic E-state index is 13.4. The van der Waals surface area contributed by atoms with E-state index in [0.29, 0.717) is 29.6 Å². The smallest absolute Gasteiger partial charge is 0.215 e. The van der Waals surface area contributed by atoms with E-state index in [4.69, 9.17) is 4.98 Å². The summed E-state index contributed by atoms with van der Waals surface area (Å²) in [7, 11) is 2.07. The number of benzene rings is 5. The second kappa shape index (κ2) is 13.1. The minimum absolute atomic E-state index is 0.0981. The molecule has 4 nitrogen and oxygen atoms in total. The average Bonchev–Trinajstić information content (AvgIpc) is 3.12. The lowest BCUT2D eigenvalue weighted by Gasteiger charge is -2.40. The molecule has 1 aromatic heterocycles. The number of pyridine rings is 1. The second-order valence-electron chi connectivity index (χ2n) is 12.3. The number of aromatic hydroxyl groups is 1. The molecule has 7 rings (SSSR count). The van der Waals surface area contributed by atoms with Crippen molar-refractivity contribution >= 4 is 22.6 Å². The molecule has 0 spiro atoms. The minimum Gasteiger partial charge on any atom is -0.493 e. The summed E-state index contributed by atoms with van der Waals surface area (Å²) in [5.41, 5.74) is 13.0. The van der Waals surface area contributed by atoms with Crippen molar-refractivity contribution in [2.45, 2.75) is 24.5 Å². The number of rotatable bonds is 10. The molecule has 0 radical (unpaired) electrons.